The monoisotopic (exact) mass is 382 g/mol. The number of urea groups is 1. The fraction of sp³-hybridized carbons (Fsp3) is 0.476. The maximum Gasteiger partial charge on any atom is 0.325 e. The Balaban J connectivity index is 1.36. The molecule has 0 radical (unpaired) electrons. The third kappa shape index (κ3) is 3.61. The molecule has 1 saturated carbocycles. The molecule has 28 heavy (non-hydrogen) atoms. The van der Waals surface area contributed by atoms with Gasteiger partial charge in [0.2, 0.25) is 0 Å². The van der Waals surface area contributed by atoms with Crippen molar-refractivity contribution in [1.29, 1.82) is 0 Å². The summed E-state index contributed by atoms with van der Waals surface area (Å²) in [5, 5.41) is 3.15. The van der Waals surface area contributed by atoms with Gasteiger partial charge >= 0.3 is 11.7 Å². The molecule has 7 heteroatoms. The van der Waals surface area contributed by atoms with Crippen LogP contribution in [0.25, 0.3) is 0 Å². The predicted octanol–water partition coefficient (Wildman–Crippen LogP) is 2.03. The molecule has 0 atom stereocenters. The smallest absolute Gasteiger partial charge is 0.325 e. The van der Waals surface area contributed by atoms with Gasteiger partial charge in [-0.05, 0) is 43.1 Å². The van der Waals surface area contributed by atoms with Crippen LogP contribution in [0.3, 0.4) is 0 Å². The first-order valence-electron chi connectivity index (χ1n) is 9.90. The Morgan fingerprint density at radius 2 is 1.86 bits per heavy atom. The van der Waals surface area contributed by atoms with E-state index in [0.29, 0.717) is 24.2 Å². The summed E-state index contributed by atoms with van der Waals surface area (Å²) in [6.07, 6.45) is 4.41. The van der Waals surface area contributed by atoms with E-state index < -0.39 is 5.69 Å². The van der Waals surface area contributed by atoms with E-state index in [1.807, 2.05) is 6.07 Å². The molecule has 1 aliphatic heterocycles. The fourth-order valence-electron chi connectivity index (χ4n) is 4.44. The van der Waals surface area contributed by atoms with Crippen LogP contribution < -0.4 is 16.6 Å². The zero-order valence-corrected chi connectivity index (χ0v) is 16.1. The molecular formula is C21H26N4O3. The van der Waals surface area contributed by atoms with Gasteiger partial charge in [0.1, 0.15) is 0 Å². The van der Waals surface area contributed by atoms with E-state index in [4.69, 9.17) is 0 Å². The van der Waals surface area contributed by atoms with Crippen LogP contribution in [0.2, 0.25) is 0 Å². The zero-order valence-electron chi connectivity index (χ0n) is 16.1. The van der Waals surface area contributed by atoms with Gasteiger partial charge in [-0.15, -0.1) is 0 Å². The fourth-order valence-corrected chi connectivity index (χ4v) is 4.44. The van der Waals surface area contributed by atoms with Crippen molar-refractivity contribution >= 4 is 6.03 Å². The number of carbonyl (C=O) groups is 1. The lowest BCUT2D eigenvalue weighted by atomic mass is 9.70. The zero-order chi connectivity index (χ0) is 19.7. The molecule has 2 aliphatic rings. The molecule has 148 valence electrons. The molecule has 1 aromatic carbocycles. The van der Waals surface area contributed by atoms with E-state index in [-0.39, 0.29) is 29.6 Å². The highest BCUT2D eigenvalue weighted by atomic mass is 16.2. The van der Waals surface area contributed by atoms with Crippen molar-refractivity contribution in [2.24, 2.45) is 0 Å². The summed E-state index contributed by atoms with van der Waals surface area (Å²) >= 11 is 0. The van der Waals surface area contributed by atoms with Gasteiger partial charge < -0.3 is 15.2 Å². The van der Waals surface area contributed by atoms with Gasteiger partial charge in [-0.25, -0.2) is 9.59 Å². The van der Waals surface area contributed by atoms with Crippen molar-refractivity contribution in [2.75, 3.05) is 6.54 Å². The first-order valence-corrected chi connectivity index (χ1v) is 9.90. The Kier molecular flexibility index (Phi) is 4.83. The molecule has 4 rings (SSSR count). The molecule has 0 bridgehead atoms. The van der Waals surface area contributed by atoms with E-state index in [0.717, 1.165) is 25.7 Å². The van der Waals surface area contributed by atoms with Crippen LogP contribution in [0.5, 0.6) is 0 Å². The second kappa shape index (κ2) is 7.30. The molecule has 2 heterocycles. The number of amides is 2. The van der Waals surface area contributed by atoms with E-state index in [2.05, 4.69) is 46.5 Å². The Bertz CT molecular complexity index is 971. The summed E-state index contributed by atoms with van der Waals surface area (Å²) in [5.41, 5.74) is 1.74. The maximum atomic E-state index is 12.7. The minimum absolute atomic E-state index is 0.125. The molecule has 3 N–H and O–H groups in total. The van der Waals surface area contributed by atoms with Gasteiger partial charge in [0, 0.05) is 23.8 Å². The SMILES string of the molecule is CC1(c2ccccc2)CCC(NC(=O)N2CCc3c([nH]c(=O)[nH]c3=O)C2)CC1. The highest BCUT2D eigenvalue weighted by Gasteiger charge is 2.34. The average Bonchev–Trinajstić information content (AvgIpc) is 2.70. The first-order chi connectivity index (χ1) is 13.4. The predicted molar refractivity (Wildman–Crippen MR) is 106 cm³/mol. The lowest BCUT2D eigenvalue weighted by molar-refractivity contribution is 0.178. The Labute approximate surface area is 163 Å². The second-order valence-electron chi connectivity index (χ2n) is 8.19. The summed E-state index contributed by atoms with van der Waals surface area (Å²) in [4.78, 5) is 42.6. The first kappa shape index (κ1) is 18.5. The van der Waals surface area contributed by atoms with Crippen LogP contribution in [0, 0.1) is 0 Å². The molecule has 2 amide bonds. The quantitative estimate of drug-likeness (QED) is 0.741. The summed E-state index contributed by atoms with van der Waals surface area (Å²) in [6, 6.07) is 10.6. The molecule has 7 nitrogen and oxygen atoms in total. The molecule has 2 aromatic rings. The van der Waals surface area contributed by atoms with Crippen molar-refractivity contribution in [2.45, 2.75) is 57.0 Å². The molecule has 1 fully saturated rings. The van der Waals surface area contributed by atoms with E-state index in [1.54, 1.807) is 4.90 Å². The van der Waals surface area contributed by atoms with Crippen LogP contribution in [0.15, 0.2) is 39.9 Å². The summed E-state index contributed by atoms with van der Waals surface area (Å²) < 4.78 is 0. The number of nitrogens with zero attached hydrogens (tertiary/aromatic N) is 1. The number of hydrogen-bond donors (Lipinski definition) is 3. The molecule has 1 aromatic heterocycles. The van der Waals surface area contributed by atoms with Crippen molar-refractivity contribution in [3.63, 3.8) is 0 Å². The number of rotatable bonds is 2. The second-order valence-corrected chi connectivity index (χ2v) is 8.19. The summed E-state index contributed by atoms with van der Waals surface area (Å²) in [5.74, 6) is 0. The van der Waals surface area contributed by atoms with Gasteiger partial charge in [0.25, 0.3) is 5.56 Å². The van der Waals surface area contributed by atoms with Gasteiger partial charge in [-0.3, -0.25) is 9.78 Å². The third-order valence-electron chi connectivity index (χ3n) is 6.29. The highest BCUT2D eigenvalue weighted by Crippen LogP contribution is 2.39. The van der Waals surface area contributed by atoms with Crippen LogP contribution in [-0.4, -0.2) is 33.5 Å². The van der Waals surface area contributed by atoms with Crippen LogP contribution in [-0.2, 0) is 18.4 Å². The van der Waals surface area contributed by atoms with Crippen LogP contribution >= 0.6 is 0 Å². The number of carbonyl (C=O) groups excluding carboxylic acids is 1. The van der Waals surface area contributed by atoms with Gasteiger partial charge in [0.15, 0.2) is 0 Å². The Morgan fingerprint density at radius 1 is 1.14 bits per heavy atom. The highest BCUT2D eigenvalue weighted by molar-refractivity contribution is 5.74. The number of H-pyrrole nitrogens is 2. The Hall–Kier alpha value is -2.83. The van der Waals surface area contributed by atoms with Crippen LogP contribution in [0.1, 0.15) is 49.4 Å². The van der Waals surface area contributed by atoms with Crippen LogP contribution in [0.4, 0.5) is 4.79 Å². The Morgan fingerprint density at radius 3 is 2.57 bits per heavy atom. The van der Waals surface area contributed by atoms with Gasteiger partial charge in [-0.2, -0.15) is 0 Å². The summed E-state index contributed by atoms with van der Waals surface area (Å²) in [6.45, 7) is 3.03. The number of fused-ring (bicyclic) bond motifs is 1. The molecule has 0 spiro atoms. The topological polar surface area (TPSA) is 98.1 Å². The molecular weight excluding hydrogens is 356 g/mol. The molecule has 1 aliphatic carbocycles. The van der Waals surface area contributed by atoms with Crippen molar-refractivity contribution < 1.29 is 4.79 Å². The van der Waals surface area contributed by atoms with E-state index in [9.17, 15) is 14.4 Å². The molecule has 0 saturated heterocycles. The third-order valence-corrected chi connectivity index (χ3v) is 6.29. The van der Waals surface area contributed by atoms with Crippen molar-refractivity contribution in [3.8, 4) is 0 Å². The lowest BCUT2D eigenvalue weighted by Gasteiger charge is -2.39. The minimum atomic E-state index is -0.529. The van der Waals surface area contributed by atoms with Crippen molar-refractivity contribution in [1.82, 2.24) is 20.2 Å². The minimum Gasteiger partial charge on any atom is -0.335 e. The standard InChI is InChI=1S/C21H26N4O3/c1-21(14-5-3-2-4-6-14)10-7-15(8-11-21)22-20(28)25-12-9-16-17(13-25)23-19(27)24-18(16)26/h2-6,15H,7-13H2,1H3,(H,22,28)(H2,23,24,26,27). The number of aromatic amines is 2. The number of hydrogen-bond acceptors (Lipinski definition) is 3. The normalized spacial score (nSPS) is 24.5. The maximum absolute atomic E-state index is 12.7. The van der Waals surface area contributed by atoms with Crippen molar-refractivity contribution in [3.05, 3.63) is 68.0 Å². The largest absolute Gasteiger partial charge is 0.335 e. The number of aromatic nitrogens is 2. The summed E-state index contributed by atoms with van der Waals surface area (Å²) in [7, 11) is 0. The van der Waals surface area contributed by atoms with Gasteiger partial charge in [-0.1, -0.05) is 37.3 Å². The lowest BCUT2D eigenvalue weighted by Crippen LogP contribution is -2.49. The molecule has 0 unspecified atom stereocenters. The van der Waals surface area contributed by atoms with E-state index in [1.165, 1.54) is 5.56 Å². The number of benzene rings is 1. The van der Waals surface area contributed by atoms with E-state index >= 15 is 0 Å². The average molecular weight is 382 g/mol. The van der Waals surface area contributed by atoms with Gasteiger partial charge in [0.05, 0.1) is 6.54 Å². The number of nitrogens with one attached hydrogen (secondary N) is 3.